The number of nitrogens with zero attached hydrogens (tertiary/aromatic N) is 1. The molecule has 0 aliphatic carbocycles. The Bertz CT molecular complexity index is 1890. The maximum Gasteiger partial charge on any atom is 0.263 e. The second kappa shape index (κ2) is 13.4. The second-order valence-electron chi connectivity index (χ2n) is 9.98. The van der Waals surface area contributed by atoms with Crippen molar-refractivity contribution in [3.8, 4) is 23.0 Å². The summed E-state index contributed by atoms with van der Waals surface area (Å²) in [6.07, 6.45) is 0. The molecule has 0 aliphatic rings. The van der Waals surface area contributed by atoms with Crippen LogP contribution in [0, 0.1) is 0 Å². The highest BCUT2D eigenvalue weighted by Gasteiger charge is 2.23. The number of amides is 2. The highest BCUT2D eigenvalue weighted by atomic mass is 32.2. The molecule has 45 heavy (non-hydrogen) atoms. The fraction of sp³-hybridized carbons (Fsp3) is 0.0833. The van der Waals surface area contributed by atoms with Gasteiger partial charge in [-0.2, -0.15) is 0 Å². The number of carbonyl (C=O) groups is 2. The van der Waals surface area contributed by atoms with Crippen molar-refractivity contribution in [2.24, 2.45) is 0 Å². The van der Waals surface area contributed by atoms with Gasteiger partial charge in [-0.15, -0.1) is 11.8 Å². The fourth-order valence-corrected chi connectivity index (χ4v) is 5.85. The molecule has 1 aromatic heterocycles. The minimum atomic E-state index is -0.527. The summed E-state index contributed by atoms with van der Waals surface area (Å²) in [5, 5.41) is 5.43. The molecule has 1 unspecified atom stereocenters. The monoisotopic (exact) mass is 615 g/mol. The summed E-state index contributed by atoms with van der Waals surface area (Å²) in [6.45, 7) is 0. The number of aromatic nitrogens is 1. The summed E-state index contributed by atoms with van der Waals surface area (Å²) in [5.41, 5.74) is 4.75. The molecule has 0 aliphatic heterocycles. The van der Waals surface area contributed by atoms with Crippen LogP contribution >= 0.6 is 11.8 Å². The third kappa shape index (κ3) is 6.68. The van der Waals surface area contributed by atoms with Crippen LogP contribution < -0.4 is 20.1 Å². The quantitative estimate of drug-likeness (QED) is 0.150. The maximum atomic E-state index is 13.6. The van der Waals surface area contributed by atoms with Gasteiger partial charge < -0.3 is 24.5 Å². The number of hydrogen-bond donors (Lipinski definition) is 2. The van der Waals surface area contributed by atoms with Gasteiger partial charge in [0.15, 0.2) is 5.58 Å². The number of methoxy groups -OCH3 is 2. The first-order valence-electron chi connectivity index (χ1n) is 14.1. The first kappa shape index (κ1) is 29.5. The minimum absolute atomic E-state index is 0.165. The lowest BCUT2D eigenvalue weighted by atomic mass is 10.1. The molecule has 1 heterocycles. The average molecular weight is 616 g/mol. The molecular formula is C36H29N3O5S. The molecule has 224 valence electrons. The van der Waals surface area contributed by atoms with E-state index in [1.54, 1.807) is 30.3 Å². The molecule has 1 atom stereocenters. The normalized spacial score (nSPS) is 11.5. The fourth-order valence-electron chi connectivity index (χ4n) is 4.82. The number of rotatable bonds is 10. The molecule has 2 amide bonds. The van der Waals surface area contributed by atoms with Gasteiger partial charge in [0, 0.05) is 21.8 Å². The van der Waals surface area contributed by atoms with Crippen molar-refractivity contribution in [1.29, 1.82) is 0 Å². The van der Waals surface area contributed by atoms with Gasteiger partial charge in [0.2, 0.25) is 11.8 Å². The number of para-hydroxylation sites is 2. The van der Waals surface area contributed by atoms with Crippen LogP contribution in [0.4, 0.5) is 11.4 Å². The summed E-state index contributed by atoms with van der Waals surface area (Å²) >= 11 is 1.42. The Kier molecular flexibility index (Phi) is 8.79. The number of ether oxygens (including phenoxy) is 2. The third-order valence-corrected chi connectivity index (χ3v) is 8.32. The molecule has 0 bridgehead atoms. The van der Waals surface area contributed by atoms with Gasteiger partial charge in [0.05, 0.1) is 14.2 Å². The minimum Gasteiger partial charge on any atom is -0.496 e. The molecule has 0 fully saturated rings. The molecule has 6 aromatic rings. The Morgan fingerprint density at radius 2 is 1.33 bits per heavy atom. The largest absolute Gasteiger partial charge is 0.496 e. The van der Waals surface area contributed by atoms with Crippen molar-refractivity contribution in [1.82, 2.24) is 4.98 Å². The zero-order valence-electron chi connectivity index (χ0n) is 24.5. The summed E-state index contributed by atoms with van der Waals surface area (Å²) < 4.78 is 16.6. The van der Waals surface area contributed by atoms with Crippen molar-refractivity contribution in [2.75, 3.05) is 24.9 Å². The predicted octanol–water partition coefficient (Wildman–Crippen LogP) is 8.24. The van der Waals surface area contributed by atoms with Crippen LogP contribution in [0.25, 0.3) is 22.6 Å². The zero-order chi connectivity index (χ0) is 31.2. The molecule has 9 heteroatoms. The van der Waals surface area contributed by atoms with Crippen molar-refractivity contribution in [3.63, 3.8) is 0 Å². The van der Waals surface area contributed by atoms with E-state index in [1.165, 1.54) is 26.0 Å². The van der Waals surface area contributed by atoms with Crippen LogP contribution in [0.1, 0.15) is 21.2 Å². The van der Waals surface area contributed by atoms with E-state index in [2.05, 4.69) is 15.6 Å². The van der Waals surface area contributed by atoms with E-state index in [4.69, 9.17) is 13.9 Å². The van der Waals surface area contributed by atoms with Gasteiger partial charge in [-0.3, -0.25) is 9.59 Å². The van der Waals surface area contributed by atoms with Gasteiger partial charge >= 0.3 is 0 Å². The van der Waals surface area contributed by atoms with Crippen LogP contribution in [0.15, 0.2) is 131 Å². The molecule has 0 saturated carbocycles. The maximum absolute atomic E-state index is 13.6. The lowest BCUT2D eigenvalue weighted by Crippen LogP contribution is -2.19. The van der Waals surface area contributed by atoms with Gasteiger partial charge in [0.25, 0.3) is 5.91 Å². The number of carbonyl (C=O) groups excluding carboxylic acids is 2. The Balaban J connectivity index is 1.16. The van der Waals surface area contributed by atoms with Gasteiger partial charge in [-0.05, 0) is 78.4 Å². The van der Waals surface area contributed by atoms with Crippen molar-refractivity contribution in [3.05, 3.63) is 132 Å². The number of anilines is 2. The van der Waals surface area contributed by atoms with E-state index >= 15 is 0 Å². The van der Waals surface area contributed by atoms with Crippen LogP contribution in [0.5, 0.6) is 11.5 Å². The molecule has 8 nitrogen and oxygen atoms in total. The number of thioether (sulfide) groups is 1. The molecule has 0 spiro atoms. The predicted molar refractivity (Wildman–Crippen MR) is 177 cm³/mol. The number of oxazole rings is 1. The van der Waals surface area contributed by atoms with E-state index in [9.17, 15) is 9.59 Å². The molecule has 0 radical (unpaired) electrons. The van der Waals surface area contributed by atoms with E-state index in [0.29, 0.717) is 34.3 Å². The molecule has 0 saturated heterocycles. The van der Waals surface area contributed by atoms with Crippen molar-refractivity contribution < 1.29 is 23.5 Å². The highest BCUT2D eigenvalue weighted by molar-refractivity contribution is 8.00. The Morgan fingerprint density at radius 1 is 0.711 bits per heavy atom. The van der Waals surface area contributed by atoms with Crippen LogP contribution in [0.2, 0.25) is 0 Å². The SMILES string of the molecule is COc1cccc(OC)c1C(=O)Nc1ccc(SC(C(=O)Nc2ccc(-c3nc4ccccc4o3)cc2)c2ccccc2)cc1. The second-order valence-corrected chi connectivity index (χ2v) is 11.2. The van der Waals surface area contributed by atoms with E-state index in [1.807, 2.05) is 91.0 Å². The zero-order valence-corrected chi connectivity index (χ0v) is 25.3. The number of benzene rings is 5. The molecular weight excluding hydrogens is 586 g/mol. The lowest BCUT2D eigenvalue weighted by Gasteiger charge is -2.18. The summed E-state index contributed by atoms with van der Waals surface area (Å²) in [7, 11) is 3.01. The molecule has 2 N–H and O–H groups in total. The highest BCUT2D eigenvalue weighted by Crippen LogP contribution is 2.37. The average Bonchev–Trinajstić information content (AvgIpc) is 3.52. The smallest absolute Gasteiger partial charge is 0.263 e. The third-order valence-electron chi connectivity index (χ3n) is 7.05. The first-order valence-corrected chi connectivity index (χ1v) is 15.0. The van der Waals surface area contributed by atoms with Crippen LogP contribution in [0.3, 0.4) is 0 Å². The standard InChI is InChI=1S/C36H29N3O5S/c1-42-30-13-8-14-31(43-2)32(30)34(40)37-26-19-21-27(22-20-26)45-33(23-9-4-3-5-10-23)35(41)38-25-17-15-24(16-18-25)36-39-28-11-6-7-12-29(28)44-36/h3-22,33H,1-2H3,(H,37,40)(H,38,41). The topological polar surface area (TPSA) is 103 Å². The lowest BCUT2D eigenvalue weighted by molar-refractivity contribution is -0.115. The molecule has 6 rings (SSSR count). The van der Waals surface area contributed by atoms with Gasteiger partial charge in [-0.25, -0.2) is 4.98 Å². The van der Waals surface area contributed by atoms with Crippen molar-refractivity contribution in [2.45, 2.75) is 10.1 Å². The van der Waals surface area contributed by atoms with Crippen molar-refractivity contribution >= 4 is 46.1 Å². The Hall–Kier alpha value is -5.54. The van der Waals surface area contributed by atoms with Crippen LogP contribution in [-0.2, 0) is 4.79 Å². The van der Waals surface area contributed by atoms with Gasteiger partial charge in [-0.1, -0.05) is 48.5 Å². The van der Waals surface area contributed by atoms with E-state index < -0.39 is 5.25 Å². The first-order chi connectivity index (χ1) is 22.0. The summed E-state index contributed by atoms with van der Waals surface area (Å²) in [6, 6.07) is 37.2. The van der Waals surface area contributed by atoms with E-state index in [0.717, 1.165) is 27.1 Å². The number of hydrogen-bond acceptors (Lipinski definition) is 7. The Morgan fingerprint density at radius 3 is 2.00 bits per heavy atom. The number of nitrogens with one attached hydrogen (secondary N) is 2. The molecule has 5 aromatic carbocycles. The number of fused-ring (bicyclic) bond motifs is 1. The van der Waals surface area contributed by atoms with Crippen LogP contribution in [-0.4, -0.2) is 31.0 Å². The van der Waals surface area contributed by atoms with E-state index in [-0.39, 0.29) is 11.8 Å². The Labute approximate surface area is 264 Å². The van der Waals surface area contributed by atoms with Gasteiger partial charge in [0.1, 0.15) is 27.8 Å². The summed E-state index contributed by atoms with van der Waals surface area (Å²) in [4.78, 5) is 32.1. The summed E-state index contributed by atoms with van der Waals surface area (Å²) in [5.74, 6) is 0.830.